The molecule has 0 bridgehead atoms. The Morgan fingerprint density at radius 1 is 1.29 bits per heavy atom. The van der Waals surface area contributed by atoms with Gasteiger partial charge in [0.05, 0.1) is 0 Å². The molecule has 0 amide bonds. The van der Waals surface area contributed by atoms with Crippen LogP contribution in [0.4, 0.5) is 0 Å². The number of carboxylic acid groups (broad SMARTS) is 1. The summed E-state index contributed by atoms with van der Waals surface area (Å²) in [5.74, 6) is -0.279. The molecule has 0 spiro atoms. The number of hydrogen-bond acceptors (Lipinski definition) is 1. The molecule has 1 N–H and O–H groups in total. The Hall–Kier alpha value is -1.57. The normalized spacial score (nSPS) is 16.0. The lowest BCUT2D eigenvalue weighted by molar-refractivity contribution is -0.132. The molecule has 1 aliphatic rings. The van der Waals surface area contributed by atoms with Gasteiger partial charge in [-0.2, -0.15) is 0 Å². The van der Waals surface area contributed by atoms with E-state index in [1.165, 1.54) is 31.2 Å². The fraction of sp³-hybridized carbons (Fsp3) is 0.400. The van der Waals surface area contributed by atoms with Crippen molar-refractivity contribution < 1.29 is 9.90 Å². The van der Waals surface area contributed by atoms with Crippen molar-refractivity contribution in [2.75, 3.05) is 0 Å². The molecule has 1 aliphatic carbocycles. The topological polar surface area (TPSA) is 37.3 Å². The molecule has 2 heteroatoms. The third-order valence-electron chi connectivity index (χ3n) is 3.56. The lowest BCUT2D eigenvalue weighted by Gasteiger charge is -2.15. The molecule has 0 unspecified atom stereocenters. The van der Waals surface area contributed by atoms with Crippen LogP contribution in [0.1, 0.15) is 42.7 Å². The van der Waals surface area contributed by atoms with Crippen molar-refractivity contribution in [1.82, 2.24) is 0 Å². The van der Waals surface area contributed by atoms with Crippen LogP contribution in [0.25, 0.3) is 0 Å². The first-order chi connectivity index (χ1) is 8.18. The number of aliphatic carboxylic acids is 1. The number of hydrogen-bond donors (Lipinski definition) is 1. The second-order valence-corrected chi connectivity index (χ2v) is 4.77. The molecule has 2 nitrogen and oxygen atoms in total. The van der Waals surface area contributed by atoms with Gasteiger partial charge in [-0.1, -0.05) is 43.7 Å². The van der Waals surface area contributed by atoms with Gasteiger partial charge < -0.3 is 5.11 Å². The molecule has 17 heavy (non-hydrogen) atoms. The number of carboxylic acids is 1. The van der Waals surface area contributed by atoms with Crippen molar-refractivity contribution in [2.45, 2.75) is 38.0 Å². The molecular weight excluding hydrogens is 212 g/mol. The molecule has 0 saturated heterocycles. The molecule has 0 aromatic heterocycles. The van der Waals surface area contributed by atoms with E-state index in [0.29, 0.717) is 12.3 Å². The predicted molar refractivity (Wildman–Crippen MR) is 68.1 cm³/mol. The Morgan fingerprint density at radius 3 is 2.59 bits per heavy atom. The van der Waals surface area contributed by atoms with Gasteiger partial charge in [0.25, 0.3) is 0 Å². The van der Waals surface area contributed by atoms with Crippen molar-refractivity contribution >= 4 is 5.97 Å². The predicted octanol–water partition coefficient (Wildman–Crippen LogP) is 3.53. The van der Waals surface area contributed by atoms with Crippen LogP contribution < -0.4 is 0 Å². The fourth-order valence-electron chi connectivity index (χ4n) is 2.64. The van der Waals surface area contributed by atoms with E-state index in [1.807, 2.05) is 18.2 Å². The van der Waals surface area contributed by atoms with Crippen LogP contribution in [0.15, 0.2) is 36.4 Å². The van der Waals surface area contributed by atoms with Crippen LogP contribution in [0.2, 0.25) is 0 Å². The summed E-state index contributed by atoms with van der Waals surface area (Å²) >= 11 is 0. The van der Waals surface area contributed by atoms with Crippen LogP contribution in [0, 0.1) is 0 Å². The second-order valence-electron chi connectivity index (χ2n) is 4.77. The maximum atomic E-state index is 10.8. The van der Waals surface area contributed by atoms with E-state index < -0.39 is 5.97 Å². The van der Waals surface area contributed by atoms with E-state index in [4.69, 9.17) is 5.11 Å². The molecule has 90 valence electrons. The minimum Gasteiger partial charge on any atom is -0.478 e. The largest absolute Gasteiger partial charge is 0.478 e. The zero-order chi connectivity index (χ0) is 12.3. The van der Waals surface area contributed by atoms with Gasteiger partial charge in [0, 0.05) is 12.0 Å². The Bertz CT molecular complexity index is 428. The Kier molecular flexibility index (Phi) is 3.62. The van der Waals surface area contributed by atoms with E-state index in [-0.39, 0.29) is 5.57 Å². The average Bonchev–Trinajstić information content (AvgIpc) is 2.83. The van der Waals surface area contributed by atoms with Crippen molar-refractivity contribution in [3.8, 4) is 0 Å². The van der Waals surface area contributed by atoms with Gasteiger partial charge in [0.15, 0.2) is 0 Å². The molecule has 1 saturated carbocycles. The van der Waals surface area contributed by atoms with Crippen LogP contribution in [0.5, 0.6) is 0 Å². The molecule has 2 rings (SSSR count). The monoisotopic (exact) mass is 230 g/mol. The maximum absolute atomic E-state index is 10.8. The zero-order valence-electron chi connectivity index (χ0n) is 9.98. The molecule has 1 fully saturated rings. The van der Waals surface area contributed by atoms with Gasteiger partial charge in [-0.15, -0.1) is 0 Å². The average molecular weight is 230 g/mol. The standard InChI is InChI=1S/C15H18O2/c1-11(15(16)17)10-13-8-4-5-9-14(13)12-6-2-3-7-12/h4-5,8-9,12H,1-3,6-7,10H2,(H,16,17). The summed E-state index contributed by atoms with van der Waals surface area (Å²) in [4.78, 5) is 10.8. The summed E-state index contributed by atoms with van der Waals surface area (Å²) < 4.78 is 0. The molecule has 1 aromatic carbocycles. The van der Waals surface area contributed by atoms with Crippen LogP contribution in [-0.4, -0.2) is 11.1 Å². The summed E-state index contributed by atoms with van der Waals surface area (Å²) in [6.45, 7) is 3.62. The summed E-state index contributed by atoms with van der Waals surface area (Å²) in [6, 6.07) is 8.19. The minimum absolute atomic E-state index is 0.274. The van der Waals surface area contributed by atoms with Crippen molar-refractivity contribution in [3.63, 3.8) is 0 Å². The molecular formula is C15H18O2. The third-order valence-corrected chi connectivity index (χ3v) is 3.56. The SMILES string of the molecule is C=C(Cc1ccccc1C1CCCC1)C(=O)O. The maximum Gasteiger partial charge on any atom is 0.331 e. The first-order valence-corrected chi connectivity index (χ1v) is 6.17. The van der Waals surface area contributed by atoms with Gasteiger partial charge in [-0.05, 0) is 29.9 Å². The van der Waals surface area contributed by atoms with Crippen molar-refractivity contribution in [3.05, 3.63) is 47.5 Å². The highest BCUT2D eigenvalue weighted by molar-refractivity contribution is 5.86. The van der Waals surface area contributed by atoms with Crippen molar-refractivity contribution in [1.29, 1.82) is 0 Å². The summed E-state index contributed by atoms with van der Waals surface area (Å²) in [7, 11) is 0. The molecule has 0 heterocycles. The fourth-order valence-corrected chi connectivity index (χ4v) is 2.64. The number of rotatable bonds is 4. The van der Waals surface area contributed by atoms with E-state index in [0.717, 1.165) is 5.56 Å². The van der Waals surface area contributed by atoms with E-state index in [1.54, 1.807) is 0 Å². The van der Waals surface area contributed by atoms with Crippen LogP contribution in [-0.2, 0) is 11.2 Å². The smallest absolute Gasteiger partial charge is 0.331 e. The summed E-state index contributed by atoms with van der Waals surface area (Å²) in [5, 5.41) is 8.90. The lowest BCUT2D eigenvalue weighted by atomic mass is 9.90. The first kappa shape index (κ1) is 11.9. The highest BCUT2D eigenvalue weighted by Gasteiger charge is 2.20. The van der Waals surface area contributed by atoms with Gasteiger partial charge >= 0.3 is 5.97 Å². The molecule has 0 radical (unpaired) electrons. The van der Waals surface area contributed by atoms with Crippen molar-refractivity contribution in [2.24, 2.45) is 0 Å². The Labute approximate surface area is 102 Å². The Balaban J connectivity index is 2.21. The highest BCUT2D eigenvalue weighted by Crippen LogP contribution is 2.36. The number of benzene rings is 1. The van der Waals surface area contributed by atoms with E-state index >= 15 is 0 Å². The van der Waals surface area contributed by atoms with Gasteiger partial charge in [-0.25, -0.2) is 4.79 Å². The van der Waals surface area contributed by atoms with E-state index in [2.05, 4.69) is 12.6 Å². The van der Waals surface area contributed by atoms with Crippen LogP contribution in [0.3, 0.4) is 0 Å². The summed E-state index contributed by atoms with van der Waals surface area (Å²) in [6.07, 6.45) is 5.51. The highest BCUT2D eigenvalue weighted by atomic mass is 16.4. The first-order valence-electron chi connectivity index (χ1n) is 6.17. The van der Waals surface area contributed by atoms with Gasteiger partial charge in [-0.3, -0.25) is 0 Å². The quantitative estimate of drug-likeness (QED) is 0.803. The number of carbonyl (C=O) groups is 1. The van der Waals surface area contributed by atoms with Gasteiger partial charge in [0.1, 0.15) is 0 Å². The van der Waals surface area contributed by atoms with Gasteiger partial charge in [0.2, 0.25) is 0 Å². The zero-order valence-corrected chi connectivity index (χ0v) is 9.98. The third kappa shape index (κ3) is 2.76. The molecule has 0 atom stereocenters. The second kappa shape index (κ2) is 5.17. The minimum atomic E-state index is -0.897. The van der Waals surface area contributed by atoms with E-state index in [9.17, 15) is 4.79 Å². The lowest BCUT2D eigenvalue weighted by Crippen LogP contribution is -2.05. The van der Waals surface area contributed by atoms with Crippen LogP contribution >= 0.6 is 0 Å². The Morgan fingerprint density at radius 2 is 1.94 bits per heavy atom. The molecule has 0 aliphatic heterocycles. The summed E-state index contributed by atoms with van der Waals surface area (Å²) in [5.41, 5.74) is 2.73. The molecule has 1 aromatic rings.